The number of hydrogen-bond acceptors (Lipinski definition) is 2. The smallest absolute Gasteiger partial charge is 0.234 e. The first-order valence-corrected chi connectivity index (χ1v) is 4.59. The number of likely N-dealkylation sites (tertiary alicyclic amines) is 1. The number of amides is 1. The van der Waals surface area contributed by atoms with Gasteiger partial charge < -0.3 is 5.32 Å². The van der Waals surface area contributed by atoms with Gasteiger partial charge in [-0.3, -0.25) is 9.69 Å². The van der Waals surface area contributed by atoms with Crippen molar-refractivity contribution < 1.29 is 4.79 Å². The first kappa shape index (κ1) is 9.52. The van der Waals surface area contributed by atoms with Crippen LogP contribution in [-0.4, -0.2) is 36.5 Å². The lowest BCUT2D eigenvalue weighted by Gasteiger charge is -2.36. The molecule has 1 aliphatic rings. The molecule has 70 valence electrons. The monoisotopic (exact) mass is 170 g/mol. The maximum atomic E-state index is 11.2. The average molecular weight is 170 g/mol. The van der Waals surface area contributed by atoms with E-state index in [2.05, 4.69) is 17.1 Å². The Hall–Kier alpha value is -0.570. The second-order valence-corrected chi connectivity index (χ2v) is 4.02. The lowest BCUT2D eigenvalue weighted by molar-refractivity contribution is -0.124. The third-order valence-electron chi connectivity index (χ3n) is 1.96. The standard InChI is InChI=1S/C9H18N2O/c1-7(2)10-9(12)6-11-4-8(3)5-11/h7-8H,4-6H2,1-3H3,(H,10,12). The summed E-state index contributed by atoms with van der Waals surface area (Å²) < 4.78 is 0. The summed E-state index contributed by atoms with van der Waals surface area (Å²) in [6, 6.07) is 0.260. The fourth-order valence-electron chi connectivity index (χ4n) is 1.53. The van der Waals surface area contributed by atoms with Gasteiger partial charge in [-0.15, -0.1) is 0 Å². The molecule has 3 nitrogen and oxygen atoms in total. The van der Waals surface area contributed by atoms with Gasteiger partial charge in [-0.25, -0.2) is 0 Å². The van der Waals surface area contributed by atoms with Crippen LogP contribution in [0.2, 0.25) is 0 Å². The Morgan fingerprint density at radius 2 is 2.17 bits per heavy atom. The summed E-state index contributed by atoms with van der Waals surface area (Å²) in [5, 5.41) is 2.88. The molecule has 12 heavy (non-hydrogen) atoms. The van der Waals surface area contributed by atoms with Crippen LogP contribution in [0.5, 0.6) is 0 Å². The first-order chi connectivity index (χ1) is 5.58. The largest absolute Gasteiger partial charge is 0.353 e. The van der Waals surface area contributed by atoms with Gasteiger partial charge in [-0.1, -0.05) is 6.92 Å². The zero-order valence-corrected chi connectivity index (χ0v) is 8.13. The van der Waals surface area contributed by atoms with Crippen LogP contribution in [0.25, 0.3) is 0 Å². The Kier molecular flexibility index (Phi) is 3.09. The third kappa shape index (κ3) is 2.81. The fourth-order valence-corrected chi connectivity index (χ4v) is 1.53. The minimum atomic E-state index is 0.150. The van der Waals surface area contributed by atoms with Crippen molar-refractivity contribution in [3.8, 4) is 0 Å². The maximum Gasteiger partial charge on any atom is 0.234 e. The first-order valence-electron chi connectivity index (χ1n) is 4.59. The Bertz CT molecular complexity index is 162. The van der Waals surface area contributed by atoms with Crippen LogP contribution < -0.4 is 5.32 Å². The summed E-state index contributed by atoms with van der Waals surface area (Å²) >= 11 is 0. The van der Waals surface area contributed by atoms with E-state index in [4.69, 9.17) is 0 Å². The highest BCUT2D eigenvalue weighted by Gasteiger charge is 2.23. The summed E-state index contributed by atoms with van der Waals surface area (Å²) in [4.78, 5) is 13.4. The van der Waals surface area contributed by atoms with Gasteiger partial charge in [-0.05, 0) is 19.8 Å². The van der Waals surface area contributed by atoms with Gasteiger partial charge in [0.2, 0.25) is 5.91 Å². The van der Waals surface area contributed by atoms with Gasteiger partial charge in [0.1, 0.15) is 0 Å². The zero-order valence-electron chi connectivity index (χ0n) is 8.13. The van der Waals surface area contributed by atoms with Crippen molar-refractivity contribution in [1.82, 2.24) is 10.2 Å². The molecule has 1 fully saturated rings. The lowest BCUT2D eigenvalue weighted by Crippen LogP contribution is -2.50. The van der Waals surface area contributed by atoms with Crippen LogP contribution in [-0.2, 0) is 4.79 Å². The van der Waals surface area contributed by atoms with Crippen molar-refractivity contribution in [2.75, 3.05) is 19.6 Å². The van der Waals surface area contributed by atoms with E-state index in [0.29, 0.717) is 6.54 Å². The van der Waals surface area contributed by atoms with E-state index in [1.807, 2.05) is 13.8 Å². The van der Waals surface area contributed by atoms with Crippen LogP contribution in [0, 0.1) is 5.92 Å². The molecule has 1 aliphatic heterocycles. The molecular formula is C9H18N2O. The highest BCUT2D eigenvalue weighted by Crippen LogP contribution is 2.12. The molecule has 3 heteroatoms. The Balaban J connectivity index is 2.11. The fraction of sp³-hybridized carbons (Fsp3) is 0.889. The number of hydrogen-bond donors (Lipinski definition) is 1. The highest BCUT2D eigenvalue weighted by atomic mass is 16.2. The normalized spacial score (nSPS) is 19.3. The van der Waals surface area contributed by atoms with E-state index in [1.165, 1.54) is 0 Å². The molecule has 1 amide bonds. The van der Waals surface area contributed by atoms with Crippen LogP contribution in [0.1, 0.15) is 20.8 Å². The molecule has 0 unspecified atom stereocenters. The van der Waals surface area contributed by atoms with Crippen molar-refractivity contribution in [1.29, 1.82) is 0 Å². The van der Waals surface area contributed by atoms with Crippen molar-refractivity contribution in [2.45, 2.75) is 26.8 Å². The Morgan fingerprint density at radius 1 is 1.58 bits per heavy atom. The van der Waals surface area contributed by atoms with Gasteiger partial charge >= 0.3 is 0 Å². The van der Waals surface area contributed by atoms with Crippen molar-refractivity contribution in [2.24, 2.45) is 5.92 Å². The summed E-state index contributed by atoms with van der Waals surface area (Å²) in [6.45, 7) is 8.89. The van der Waals surface area contributed by atoms with E-state index in [1.54, 1.807) is 0 Å². The molecule has 0 aliphatic carbocycles. The molecule has 0 aromatic heterocycles. The molecular weight excluding hydrogens is 152 g/mol. The van der Waals surface area contributed by atoms with Gasteiger partial charge in [0.15, 0.2) is 0 Å². The zero-order chi connectivity index (χ0) is 9.14. The third-order valence-corrected chi connectivity index (χ3v) is 1.96. The van der Waals surface area contributed by atoms with E-state index in [0.717, 1.165) is 19.0 Å². The number of nitrogens with one attached hydrogen (secondary N) is 1. The average Bonchev–Trinajstić information content (AvgIpc) is 1.82. The molecule has 0 aromatic rings. The molecule has 0 radical (unpaired) electrons. The minimum absolute atomic E-state index is 0.150. The predicted octanol–water partition coefficient (Wildman–Crippen LogP) is 0.463. The molecule has 1 heterocycles. The molecule has 0 atom stereocenters. The SMILES string of the molecule is CC1CN(CC(=O)NC(C)C)C1. The van der Waals surface area contributed by atoms with Crippen LogP contribution in [0.3, 0.4) is 0 Å². The van der Waals surface area contributed by atoms with E-state index < -0.39 is 0 Å². The summed E-state index contributed by atoms with van der Waals surface area (Å²) in [5.41, 5.74) is 0. The number of carbonyl (C=O) groups is 1. The highest BCUT2D eigenvalue weighted by molar-refractivity contribution is 5.78. The second-order valence-electron chi connectivity index (χ2n) is 4.02. The molecule has 0 spiro atoms. The molecule has 0 aromatic carbocycles. The summed E-state index contributed by atoms with van der Waals surface area (Å²) in [6.07, 6.45) is 0. The van der Waals surface area contributed by atoms with Crippen LogP contribution in [0.4, 0.5) is 0 Å². The van der Waals surface area contributed by atoms with E-state index in [9.17, 15) is 4.79 Å². The lowest BCUT2D eigenvalue weighted by atomic mass is 10.0. The van der Waals surface area contributed by atoms with Crippen molar-refractivity contribution in [3.05, 3.63) is 0 Å². The quantitative estimate of drug-likeness (QED) is 0.667. The Morgan fingerprint density at radius 3 is 2.58 bits per heavy atom. The molecule has 1 N–H and O–H groups in total. The summed E-state index contributed by atoms with van der Waals surface area (Å²) in [7, 11) is 0. The molecule has 1 rings (SSSR count). The number of carbonyl (C=O) groups excluding carboxylic acids is 1. The second kappa shape index (κ2) is 3.90. The topological polar surface area (TPSA) is 32.3 Å². The van der Waals surface area contributed by atoms with Gasteiger partial charge in [-0.2, -0.15) is 0 Å². The molecule has 0 saturated carbocycles. The maximum absolute atomic E-state index is 11.2. The van der Waals surface area contributed by atoms with Crippen LogP contribution in [0.15, 0.2) is 0 Å². The Labute approximate surface area is 74.1 Å². The van der Waals surface area contributed by atoms with E-state index in [-0.39, 0.29) is 11.9 Å². The van der Waals surface area contributed by atoms with Gasteiger partial charge in [0, 0.05) is 19.1 Å². The molecule has 0 bridgehead atoms. The van der Waals surface area contributed by atoms with Crippen molar-refractivity contribution in [3.63, 3.8) is 0 Å². The van der Waals surface area contributed by atoms with Gasteiger partial charge in [0.05, 0.1) is 6.54 Å². The van der Waals surface area contributed by atoms with Crippen molar-refractivity contribution >= 4 is 5.91 Å². The number of rotatable bonds is 3. The van der Waals surface area contributed by atoms with Crippen LogP contribution >= 0.6 is 0 Å². The molecule has 1 saturated heterocycles. The summed E-state index contributed by atoms with van der Waals surface area (Å²) in [5.74, 6) is 0.925. The van der Waals surface area contributed by atoms with E-state index >= 15 is 0 Å². The number of nitrogens with zero attached hydrogens (tertiary/aromatic N) is 1. The minimum Gasteiger partial charge on any atom is -0.353 e. The predicted molar refractivity (Wildman–Crippen MR) is 48.9 cm³/mol. The van der Waals surface area contributed by atoms with Gasteiger partial charge in [0.25, 0.3) is 0 Å².